The van der Waals surface area contributed by atoms with Crippen molar-refractivity contribution in [2.75, 3.05) is 12.4 Å². The summed E-state index contributed by atoms with van der Waals surface area (Å²) >= 11 is 0. The number of benzene rings is 3. The van der Waals surface area contributed by atoms with Gasteiger partial charge in [-0.2, -0.15) is 5.10 Å². The molecule has 0 saturated heterocycles. The van der Waals surface area contributed by atoms with E-state index in [9.17, 15) is 9.59 Å². The van der Waals surface area contributed by atoms with Crippen molar-refractivity contribution in [2.45, 2.75) is 13.0 Å². The molecule has 0 fully saturated rings. The highest BCUT2D eigenvalue weighted by atomic mass is 16.5. The molecule has 0 atom stereocenters. The maximum atomic E-state index is 12.0. The molecule has 0 aliphatic carbocycles. The lowest BCUT2D eigenvalue weighted by Crippen LogP contribution is -2.24. The van der Waals surface area contributed by atoms with Crippen LogP contribution in [0.1, 0.15) is 17.5 Å². The number of anilines is 1. The van der Waals surface area contributed by atoms with E-state index < -0.39 is 11.8 Å². The number of amides is 2. The topological polar surface area (TPSA) is 89.0 Å². The van der Waals surface area contributed by atoms with E-state index in [1.807, 2.05) is 54.6 Å². The molecule has 3 aromatic carbocycles. The van der Waals surface area contributed by atoms with E-state index in [1.165, 1.54) is 6.21 Å². The number of para-hydroxylation sites is 1. The number of carbonyl (C=O) groups is 2. The van der Waals surface area contributed by atoms with Crippen molar-refractivity contribution >= 4 is 23.7 Å². The number of hydrazone groups is 1. The van der Waals surface area contributed by atoms with Crippen LogP contribution in [0.4, 0.5) is 5.69 Å². The fourth-order valence-electron chi connectivity index (χ4n) is 2.69. The fraction of sp³-hybridized carbons (Fsp3) is 0.125. The van der Waals surface area contributed by atoms with Gasteiger partial charge in [0.1, 0.15) is 24.5 Å². The average molecular weight is 417 g/mol. The molecule has 0 aromatic heterocycles. The van der Waals surface area contributed by atoms with E-state index in [0.29, 0.717) is 29.4 Å². The van der Waals surface area contributed by atoms with Gasteiger partial charge in [-0.05, 0) is 42.0 Å². The zero-order chi connectivity index (χ0) is 21.9. The summed E-state index contributed by atoms with van der Waals surface area (Å²) in [6.07, 6.45) is 1.13. The summed E-state index contributed by atoms with van der Waals surface area (Å²) in [6.45, 7) is 0.420. The quantitative estimate of drug-likeness (QED) is 0.315. The molecule has 0 radical (unpaired) electrons. The van der Waals surface area contributed by atoms with Gasteiger partial charge in [0.05, 0.1) is 13.3 Å². The Morgan fingerprint density at radius 3 is 2.35 bits per heavy atom. The number of nitrogens with one attached hydrogen (secondary N) is 2. The second-order valence-electron chi connectivity index (χ2n) is 6.56. The predicted octanol–water partition coefficient (Wildman–Crippen LogP) is 3.75. The standard InChI is InChI=1S/C24H23N3O4/c1-30-21-13-11-20(12-14-21)26-23(28)15-24(29)27-25-16-19-9-5-6-10-22(19)31-17-18-7-3-2-4-8-18/h2-14,16H,15,17H2,1H3,(H,26,28)(H,27,29). The van der Waals surface area contributed by atoms with Gasteiger partial charge in [-0.3, -0.25) is 9.59 Å². The molecule has 7 heteroatoms. The number of ether oxygens (including phenoxy) is 2. The second kappa shape index (κ2) is 11.2. The van der Waals surface area contributed by atoms with E-state index in [0.717, 1.165) is 5.56 Å². The molecule has 2 amide bonds. The van der Waals surface area contributed by atoms with Gasteiger partial charge < -0.3 is 14.8 Å². The van der Waals surface area contributed by atoms with Crippen LogP contribution in [0.15, 0.2) is 84.0 Å². The molecule has 0 unspecified atom stereocenters. The minimum atomic E-state index is -0.523. The molecule has 0 bridgehead atoms. The van der Waals surface area contributed by atoms with E-state index in [2.05, 4.69) is 15.8 Å². The van der Waals surface area contributed by atoms with E-state index in [1.54, 1.807) is 31.4 Å². The highest BCUT2D eigenvalue weighted by Crippen LogP contribution is 2.18. The van der Waals surface area contributed by atoms with Crippen molar-refractivity contribution in [2.24, 2.45) is 5.10 Å². The van der Waals surface area contributed by atoms with E-state index in [-0.39, 0.29) is 6.42 Å². The summed E-state index contributed by atoms with van der Waals surface area (Å²) in [7, 11) is 1.56. The Bertz CT molecular complexity index is 1030. The third-order valence-corrected chi connectivity index (χ3v) is 4.24. The first-order valence-electron chi connectivity index (χ1n) is 9.65. The molecule has 0 spiro atoms. The molecule has 3 rings (SSSR count). The van der Waals surface area contributed by atoms with Crippen molar-refractivity contribution < 1.29 is 19.1 Å². The maximum Gasteiger partial charge on any atom is 0.249 e. The van der Waals surface area contributed by atoms with Crippen LogP contribution >= 0.6 is 0 Å². The molecular weight excluding hydrogens is 394 g/mol. The first-order chi connectivity index (χ1) is 15.1. The Morgan fingerprint density at radius 1 is 0.903 bits per heavy atom. The van der Waals surface area contributed by atoms with Crippen LogP contribution < -0.4 is 20.2 Å². The summed E-state index contributed by atoms with van der Waals surface area (Å²) in [5.41, 5.74) is 4.69. The number of carbonyl (C=O) groups excluding carboxylic acids is 2. The zero-order valence-corrected chi connectivity index (χ0v) is 17.1. The first kappa shape index (κ1) is 21.6. The SMILES string of the molecule is COc1ccc(NC(=O)CC(=O)NN=Cc2ccccc2OCc2ccccc2)cc1. The number of nitrogens with zero attached hydrogens (tertiary/aromatic N) is 1. The highest BCUT2D eigenvalue weighted by Gasteiger charge is 2.09. The molecule has 0 aliphatic heterocycles. The fourth-order valence-corrected chi connectivity index (χ4v) is 2.69. The molecule has 0 heterocycles. The van der Waals surface area contributed by atoms with Crippen LogP contribution in [0.2, 0.25) is 0 Å². The van der Waals surface area contributed by atoms with E-state index >= 15 is 0 Å². The van der Waals surface area contributed by atoms with Crippen LogP contribution in [0, 0.1) is 0 Å². The predicted molar refractivity (Wildman–Crippen MR) is 119 cm³/mol. The van der Waals surface area contributed by atoms with Gasteiger partial charge >= 0.3 is 0 Å². The van der Waals surface area contributed by atoms with Crippen molar-refractivity contribution in [3.63, 3.8) is 0 Å². The Labute approximate surface area is 180 Å². The van der Waals surface area contributed by atoms with Crippen LogP contribution in [0.5, 0.6) is 11.5 Å². The Hall–Kier alpha value is -4.13. The third kappa shape index (κ3) is 7.01. The Kier molecular flexibility index (Phi) is 7.77. The van der Waals surface area contributed by atoms with Gasteiger partial charge in [-0.1, -0.05) is 42.5 Å². The lowest BCUT2D eigenvalue weighted by atomic mass is 10.2. The van der Waals surface area contributed by atoms with Crippen LogP contribution in [0.3, 0.4) is 0 Å². The molecule has 7 nitrogen and oxygen atoms in total. The average Bonchev–Trinajstić information content (AvgIpc) is 2.79. The maximum absolute atomic E-state index is 12.0. The largest absolute Gasteiger partial charge is 0.497 e. The molecule has 0 saturated carbocycles. The highest BCUT2D eigenvalue weighted by molar-refractivity contribution is 6.03. The molecule has 2 N–H and O–H groups in total. The van der Waals surface area contributed by atoms with Gasteiger partial charge in [-0.15, -0.1) is 0 Å². The van der Waals surface area contributed by atoms with Gasteiger partial charge in [0.25, 0.3) is 0 Å². The van der Waals surface area contributed by atoms with Crippen molar-refractivity contribution in [3.8, 4) is 11.5 Å². The van der Waals surface area contributed by atoms with Gasteiger partial charge in [0.15, 0.2) is 0 Å². The minimum absolute atomic E-state index is 0.352. The van der Waals surface area contributed by atoms with Gasteiger partial charge in [0.2, 0.25) is 11.8 Å². The first-order valence-corrected chi connectivity index (χ1v) is 9.65. The van der Waals surface area contributed by atoms with Gasteiger partial charge in [-0.25, -0.2) is 5.43 Å². The number of hydrogen-bond acceptors (Lipinski definition) is 5. The Morgan fingerprint density at radius 2 is 1.61 bits per heavy atom. The summed E-state index contributed by atoms with van der Waals surface area (Å²) in [5.74, 6) is 0.356. The number of rotatable bonds is 9. The van der Waals surface area contributed by atoms with Crippen molar-refractivity contribution in [1.29, 1.82) is 0 Å². The van der Waals surface area contributed by atoms with Gasteiger partial charge in [0, 0.05) is 11.3 Å². The lowest BCUT2D eigenvalue weighted by molar-refractivity contribution is -0.126. The second-order valence-corrected chi connectivity index (χ2v) is 6.56. The number of methoxy groups -OCH3 is 1. The number of hydrogen-bond donors (Lipinski definition) is 2. The van der Waals surface area contributed by atoms with Crippen molar-refractivity contribution in [1.82, 2.24) is 5.43 Å². The summed E-state index contributed by atoms with van der Waals surface area (Å²) in [4.78, 5) is 24.0. The monoisotopic (exact) mass is 417 g/mol. The van der Waals surface area contributed by atoms with E-state index in [4.69, 9.17) is 9.47 Å². The normalized spacial score (nSPS) is 10.5. The summed E-state index contributed by atoms with van der Waals surface area (Å²) < 4.78 is 10.9. The van der Waals surface area contributed by atoms with Crippen LogP contribution in [0.25, 0.3) is 0 Å². The smallest absolute Gasteiger partial charge is 0.249 e. The van der Waals surface area contributed by atoms with Crippen molar-refractivity contribution in [3.05, 3.63) is 90.0 Å². The lowest BCUT2D eigenvalue weighted by Gasteiger charge is -2.09. The van der Waals surface area contributed by atoms with Crippen LogP contribution in [-0.4, -0.2) is 25.1 Å². The third-order valence-electron chi connectivity index (χ3n) is 4.24. The summed E-state index contributed by atoms with van der Waals surface area (Å²) in [6, 6.07) is 24.0. The minimum Gasteiger partial charge on any atom is -0.497 e. The Balaban J connectivity index is 1.49. The zero-order valence-electron chi connectivity index (χ0n) is 17.1. The molecule has 31 heavy (non-hydrogen) atoms. The van der Waals surface area contributed by atoms with Crippen LogP contribution in [-0.2, 0) is 16.2 Å². The molecule has 158 valence electrons. The molecule has 0 aliphatic rings. The molecular formula is C24H23N3O4. The molecule has 3 aromatic rings. The summed E-state index contributed by atoms with van der Waals surface area (Å²) in [5, 5.41) is 6.59.